The third-order valence-corrected chi connectivity index (χ3v) is 8.98. The first kappa shape index (κ1) is 22.0. The van der Waals surface area contributed by atoms with Crippen molar-refractivity contribution in [1.82, 2.24) is 4.58 Å². The number of aliphatic hydroxyl groups excluding tert-OH is 1. The second-order valence-corrected chi connectivity index (χ2v) is 11.0. The molecule has 0 spiro atoms. The number of aromatic hydroxyl groups is 2. The molecule has 7 nitrogen and oxygen atoms in total. The summed E-state index contributed by atoms with van der Waals surface area (Å²) in [5.74, 6) is -2.31. The van der Waals surface area contributed by atoms with E-state index in [-0.39, 0.29) is 22.3 Å². The average molecular weight is 488 g/mol. The van der Waals surface area contributed by atoms with Crippen LogP contribution in [0.1, 0.15) is 59.4 Å². The van der Waals surface area contributed by atoms with Gasteiger partial charge in [-0.3, -0.25) is 9.59 Å². The molecular formula is C29H31N2O5+. The van der Waals surface area contributed by atoms with Crippen LogP contribution in [-0.4, -0.2) is 59.2 Å². The molecule has 4 aliphatic heterocycles. The molecule has 4 heterocycles. The van der Waals surface area contributed by atoms with Crippen LogP contribution in [0.5, 0.6) is 11.5 Å². The van der Waals surface area contributed by atoms with Crippen LogP contribution >= 0.6 is 0 Å². The largest absolute Gasteiger partial charge is 0.507 e. The lowest BCUT2D eigenvalue weighted by Gasteiger charge is -2.38. The van der Waals surface area contributed by atoms with Gasteiger partial charge in [-0.25, -0.2) is 4.58 Å². The Morgan fingerprint density at radius 3 is 2.31 bits per heavy atom. The molecule has 2 aromatic carbocycles. The Kier molecular flexibility index (Phi) is 4.84. The van der Waals surface area contributed by atoms with Crippen molar-refractivity contribution in [3.8, 4) is 11.5 Å². The molecular weight excluding hydrogens is 456 g/mol. The Hall–Kier alpha value is -3.19. The monoisotopic (exact) mass is 487 g/mol. The van der Waals surface area contributed by atoms with Crippen molar-refractivity contribution >= 4 is 22.8 Å². The van der Waals surface area contributed by atoms with Crippen molar-refractivity contribution in [3.63, 3.8) is 0 Å². The van der Waals surface area contributed by atoms with Crippen LogP contribution in [0.25, 0.3) is 5.57 Å². The zero-order valence-electron chi connectivity index (χ0n) is 20.3. The summed E-state index contributed by atoms with van der Waals surface area (Å²) in [7, 11) is 0. The number of Topliss-reactive ketones (excluding diaryl/α,β-unsaturated/α-hetero) is 2. The zero-order chi connectivity index (χ0) is 24.7. The molecule has 2 unspecified atom stereocenters. The molecule has 0 saturated heterocycles. The molecule has 5 aliphatic rings. The molecule has 2 aromatic rings. The lowest BCUT2D eigenvalue weighted by atomic mass is 9.84. The Balaban J connectivity index is 1.43. The van der Waals surface area contributed by atoms with Gasteiger partial charge in [0.2, 0.25) is 5.36 Å². The van der Waals surface area contributed by atoms with Crippen molar-refractivity contribution in [2.75, 3.05) is 31.1 Å². The van der Waals surface area contributed by atoms with Crippen molar-refractivity contribution < 1.29 is 24.9 Å². The highest BCUT2D eigenvalue weighted by molar-refractivity contribution is 6.49. The summed E-state index contributed by atoms with van der Waals surface area (Å²) >= 11 is 0. The number of anilines is 1. The number of phenolic OH excluding ortho intramolecular Hbond substituents is 2. The van der Waals surface area contributed by atoms with Crippen molar-refractivity contribution in [2.45, 2.75) is 63.4 Å². The minimum atomic E-state index is -1.57. The quantitative estimate of drug-likeness (QED) is 0.510. The number of carbonyl (C=O) groups excluding carboxylic acids is 2. The first-order chi connectivity index (χ1) is 17.5. The lowest BCUT2D eigenvalue weighted by Crippen LogP contribution is -2.44. The SMILES string of the molecule is O=C1C(=c2cc3c4c(c2O)CCC[N+]=4CCC3)C(=O)C(c2cc3c4c(c2O)CCCN4CCC3)C1O. The van der Waals surface area contributed by atoms with Gasteiger partial charge in [0.05, 0.1) is 17.1 Å². The van der Waals surface area contributed by atoms with E-state index in [1.54, 1.807) is 6.07 Å². The highest BCUT2D eigenvalue weighted by Gasteiger charge is 2.48. The van der Waals surface area contributed by atoms with E-state index in [9.17, 15) is 24.9 Å². The Morgan fingerprint density at radius 1 is 0.806 bits per heavy atom. The van der Waals surface area contributed by atoms with Gasteiger partial charge >= 0.3 is 0 Å². The van der Waals surface area contributed by atoms with Crippen LogP contribution in [0, 0.1) is 0 Å². The molecule has 2 atom stereocenters. The van der Waals surface area contributed by atoms with Gasteiger partial charge in [-0.1, -0.05) is 0 Å². The van der Waals surface area contributed by atoms with E-state index in [1.807, 2.05) is 6.07 Å². The predicted molar refractivity (Wildman–Crippen MR) is 134 cm³/mol. The van der Waals surface area contributed by atoms with Gasteiger partial charge in [0.25, 0.3) is 0 Å². The third kappa shape index (κ3) is 2.92. The molecule has 1 aliphatic carbocycles. The molecule has 0 radical (unpaired) electrons. The van der Waals surface area contributed by atoms with E-state index in [0.717, 1.165) is 98.0 Å². The van der Waals surface area contributed by atoms with Crippen LogP contribution < -0.4 is 20.1 Å². The molecule has 7 rings (SSSR count). The Labute approximate surface area is 209 Å². The van der Waals surface area contributed by atoms with E-state index in [1.165, 1.54) is 0 Å². The minimum Gasteiger partial charge on any atom is -0.507 e. The van der Waals surface area contributed by atoms with Gasteiger partial charge in [0.1, 0.15) is 30.7 Å². The smallest absolute Gasteiger partial charge is 0.210 e. The highest BCUT2D eigenvalue weighted by atomic mass is 16.3. The molecule has 1 fully saturated rings. The Morgan fingerprint density at radius 2 is 1.50 bits per heavy atom. The van der Waals surface area contributed by atoms with E-state index in [4.69, 9.17) is 0 Å². The van der Waals surface area contributed by atoms with E-state index in [0.29, 0.717) is 18.4 Å². The van der Waals surface area contributed by atoms with Crippen molar-refractivity contribution in [2.24, 2.45) is 0 Å². The lowest BCUT2D eigenvalue weighted by molar-refractivity contribution is -0.121. The second-order valence-electron chi connectivity index (χ2n) is 11.0. The number of benzene rings is 2. The molecule has 0 amide bonds. The molecule has 36 heavy (non-hydrogen) atoms. The molecule has 0 bridgehead atoms. The fourth-order valence-electron chi connectivity index (χ4n) is 7.44. The van der Waals surface area contributed by atoms with Crippen LogP contribution in [0.3, 0.4) is 0 Å². The van der Waals surface area contributed by atoms with Gasteiger partial charge in [0.15, 0.2) is 11.6 Å². The number of aliphatic hydroxyl groups is 1. The first-order valence-electron chi connectivity index (χ1n) is 13.3. The maximum atomic E-state index is 13.9. The molecule has 7 heteroatoms. The molecule has 0 aromatic heterocycles. The van der Waals surface area contributed by atoms with Gasteiger partial charge in [0, 0.05) is 53.5 Å². The maximum Gasteiger partial charge on any atom is 0.210 e. The Bertz CT molecular complexity index is 1480. The van der Waals surface area contributed by atoms with Gasteiger partial charge in [-0.15, -0.1) is 0 Å². The van der Waals surface area contributed by atoms with E-state index in [2.05, 4.69) is 9.48 Å². The summed E-state index contributed by atoms with van der Waals surface area (Å²) < 4.78 is 2.29. The van der Waals surface area contributed by atoms with Crippen molar-refractivity contribution in [3.05, 3.63) is 50.5 Å². The number of rotatable bonds is 1. The van der Waals surface area contributed by atoms with Gasteiger partial charge < -0.3 is 20.2 Å². The van der Waals surface area contributed by atoms with Crippen LogP contribution in [0.15, 0.2) is 12.1 Å². The average Bonchev–Trinajstić information content (AvgIpc) is 3.11. The fraction of sp³-hybridized carbons (Fsp3) is 0.483. The summed E-state index contributed by atoms with van der Waals surface area (Å²) in [6.45, 7) is 3.81. The number of carbonyl (C=O) groups is 2. The van der Waals surface area contributed by atoms with Crippen LogP contribution in [0.2, 0.25) is 0 Å². The number of aryl methyl sites for hydroxylation is 2. The summed E-state index contributed by atoms with van der Waals surface area (Å²) in [5.41, 5.74) is 5.05. The van der Waals surface area contributed by atoms with E-state index >= 15 is 0 Å². The van der Waals surface area contributed by atoms with Gasteiger partial charge in [-0.05, 0) is 56.2 Å². The van der Waals surface area contributed by atoms with Crippen LogP contribution in [-0.2, 0) is 35.3 Å². The minimum absolute atomic E-state index is 0.00898. The maximum absolute atomic E-state index is 13.9. The van der Waals surface area contributed by atoms with Crippen LogP contribution in [0.4, 0.5) is 5.69 Å². The number of hydrogen-bond donors (Lipinski definition) is 3. The topological polar surface area (TPSA) is 101 Å². The second kappa shape index (κ2) is 7.90. The normalized spacial score (nSPS) is 26.2. The predicted octanol–water partition coefficient (Wildman–Crippen LogP) is 0.627. The standard InChI is InChI=1S/C29H30N2O5/c32-25-17-7-3-11-30-9-1-5-15(23(17)30)13-19(25)21-27(34)22(29(36)28(21)35)20-14-16-6-2-10-31-12-4-8-18(24(16)31)26(20)33/h13-14,21,28,32,35H,1-12H2/p+1. The third-order valence-electron chi connectivity index (χ3n) is 8.98. The fourth-order valence-corrected chi connectivity index (χ4v) is 7.44. The summed E-state index contributed by atoms with van der Waals surface area (Å²) in [6.07, 6.45) is 5.34. The number of phenols is 2. The van der Waals surface area contributed by atoms with Gasteiger partial charge in [-0.2, -0.15) is 0 Å². The summed E-state index contributed by atoms with van der Waals surface area (Å²) in [4.78, 5) is 29.6. The summed E-state index contributed by atoms with van der Waals surface area (Å²) in [5, 5.41) is 35.0. The molecule has 186 valence electrons. The summed E-state index contributed by atoms with van der Waals surface area (Å²) in [6, 6.07) is 3.63. The first-order valence-corrected chi connectivity index (χ1v) is 13.3. The van der Waals surface area contributed by atoms with Crippen molar-refractivity contribution in [1.29, 1.82) is 0 Å². The highest BCUT2D eigenvalue weighted by Crippen LogP contribution is 2.47. The van der Waals surface area contributed by atoms with E-state index < -0.39 is 23.6 Å². The zero-order valence-corrected chi connectivity index (χ0v) is 20.3. The molecule has 1 saturated carbocycles. The number of ketones is 2. The number of nitrogens with zero attached hydrogens (tertiary/aromatic N) is 2. The molecule has 3 N–H and O–H groups in total. The number of hydrogen-bond acceptors (Lipinski definition) is 6.